The molecular formula is C16H17IN2. The third-order valence-electron chi connectivity index (χ3n) is 3.59. The highest BCUT2D eigenvalue weighted by Gasteiger charge is 2.24. The second kappa shape index (κ2) is 5.92. The molecule has 3 heteroatoms. The van der Waals surface area contributed by atoms with Gasteiger partial charge >= 0.3 is 0 Å². The van der Waals surface area contributed by atoms with Gasteiger partial charge in [-0.15, -0.1) is 0 Å². The molecule has 0 saturated carbocycles. The van der Waals surface area contributed by atoms with E-state index < -0.39 is 0 Å². The Morgan fingerprint density at radius 2 is 1.74 bits per heavy atom. The molecule has 0 aliphatic carbocycles. The summed E-state index contributed by atoms with van der Waals surface area (Å²) in [5.74, 6) is 0. The second-order valence-corrected chi connectivity index (χ2v) is 5.94. The Kier molecular flexibility index (Phi) is 4.03. The van der Waals surface area contributed by atoms with Crippen LogP contribution in [0, 0.1) is 3.57 Å². The molecule has 3 rings (SSSR count). The fourth-order valence-electron chi connectivity index (χ4n) is 2.65. The van der Waals surface area contributed by atoms with Gasteiger partial charge in [0.1, 0.15) is 0 Å². The van der Waals surface area contributed by atoms with E-state index in [0.29, 0.717) is 6.04 Å². The molecule has 2 aromatic carbocycles. The van der Waals surface area contributed by atoms with Gasteiger partial charge in [0, 0.05) is 23.2 Å². The van der Waals surface area contributed by atoms with E-state index >= 15 is 0 Å². The van der Waals surface area contributed by atoms with E-state index in [9.17, 15) is 0 Å². The summed E-state index contributed by atoms with van der Waals surface area (Å²) in [5.41, 5.74) is 2.73. The lowest BCUT2D eigenvalue weighted by Crippen LogP contribution is -2.46. The molecule has 0 aromatic heterocycles. The Bertz CT molecular complexity index is 541. The van der Waals surface area contributed by atoms with Crippen molar-refractivity contribution in [3.63, 3.8) is 0 Å². The summed E-state index contributed by atoms with van der Waals surface area (Å²) in [6.45, 7) is 3.11. The van der Waals surface area contributed by atoms with Crippen LogP contribution >= 0.6 is 22.6 Å². The lowest BCUT2D eigenvalue weighted by atomic mass is 10.0. The number of piperazine rings is 1. The summed E-state index contributed by atoms with van der Waals surface area (Å²) < 4.78 is 1.32. The van der Waals surface area contributed by atoms with Gasteiger partial charge in [-0.25, -0.2) is 0 Å². The number of rotatable bonds is 2. The molecule has 1 aliphatic heterocycles. The largest absolute Gasteiger partial charge is 0.361 e. The van der Waals surface area contributed by atoms with Crippen LogP contribution < -0.4 is 10.2 Å². The van der Waals surface area contributed by atoms with Crippen LogP contribution in [0.2, 0.25) is 0 Å². The quantitative estimate of drug-likeness (QED) is 0.822. The minimum Gasteiger partial charge on any atom is -0.361 e. The molecule has 2 aromatic rings. The molecule has 1 atom stereocenters. The normalized spacial score (nSPS) is 19.4. The maximum Gasteiger partial charge on any atom is 0.0667 e. The fourth-order valence-corrected chi connectivity index (χ4v) is 3.35. The van der Waals surface area contributed by atoms with Crippen LogP contribution in [0.1, 0.15) is 11.6 Å². The number of para-hydroxylation sites is 1. The van der Waals surface area contributed by atoms with Gasteiger partial charge in [-0.3, -0.25) is 0 Å². The van der Waals surface area contributed by atoms with E-state index in [0.717, 1.165) is 19.6 Å². The van der Waals surface area contributed by atoms with Crippen LogP contribution in [-0.2, 0) is 0 Å². The van der Waals surface area contributed by atoms with Gasteiger partial charge in [0.2, 0.25) is 0 Å². The molecule has 1 aliphatic rings. The fraction of sp³-hybridized carbons (Fsp3) is 0.250. The van der Waals surface area contributed by atoms with Crippen molar-refractivity contribution >= 4 is 28.3 Å². The summed E-state index contributed by atoms with van der Waals surface area (Å²) in [4.78, 5) is 2.52. The van der Waals surface area contributed by atoms with Crippen LogP contribution in [0.5, 0.6) is 0 Å². The number of nitrogens with zero attached hydrogens (tertiary/aromatic N) is 1. The Balaban J connectivity index is 1.96. The number of hydrogen-bond acceptors (Lipinski definition) is 2. The summed E-state index contributed by atoms with van der Waals surface area (Å²) in [6.07, 6.45) is 0. The van der Waals surface area contributed by atoms with E-state index in [-0.39, 0.29) is 0 Å². The standard InChI is InChI=1S/C16H17IN2/c17-14-8-4-5-9-15(14)19-11-10-18-12-16(19)13-6-2-1-3-7-13/h1-9,16,18H,10-12H2. The van der Waals surface area contributed by atoms with Crippen molar-refractivity contribution < 1.29 is 0 Å². The zero-order valence-electron chi connectivity index (χ0n) is 10.7. The predicted molar refractivity (Wildman–Crippen MR) is 88.6 cm³/mol. The first kappa shape index (κ1) is 12.9. The number of anilines is 1. The molecule has 0 amide bonds. The average Bonchev–Trinajstić information content (AvgIpc) is 2.49. The zero-order valence-corrected chi connectivity index (χ0v) is 12.9. The van der Waals surface area contributed by atoms with Gasteiger partial charge in [0.25, 0.3) is 0 Å². The highest BCUT2D eigenvalue weighted by atomic mass is 127. The first-order valence-electron chi connectivity index (χ1n) is 6.63. The first-order valence-corrected chi connectivity index (χ1v) is 7.71. The molecule has 2 nitrogen and oxygen atoms in total. The van der Waals surface area contributed by atoms with Crippen molar-refractivity contribution in [1.82, 2.24) is 5.32 Å². The Hall–Kier alpha value is -1.07. The van der Waals surface area contributed by atoms with Crippen LogP contribution in [0.3, 0.4) is 0 Å². The maximum absolute atomic E-state index is 3.51. The number of halogens is 1. The molecule has 1 fully saturated rings. The molecule has 1 saturated heterocycles. The summed E-state index contributed by atoms with van der Waals surface area (Å²) in [5, 5.41) is 3.51. The van der Waals surface area contributed by atoms with Gasteiger partial charge in [-0.1, -0.05) is 42.5 Å². The number of benzene rings is 2. The van der Waals surface area contributed by atoms with E-state index in [1.54, 1.807) is 0 Å². The predicted octanol–water partition coefficient (Wildman–Crippen LogP) is 3.44. The van der Waals surface area contributed by atoms with Crippen LogP contribution in [-0.4, -0.2) is 19.6 Å². The topological polar surface area (TPSA) is 15.3 Å². The highest BCUT2D eigenvalue weighted by Crippen LogP contribution is 2.31. The Morgan fingerprint density at radius 1 is 1.00 bits per heavy atom. The Labute approximate surface area is 128 Å². The maximum atomic E-state index is 3.51. The van der Waals surface area contributed by atoms with Gasteiger partial charge in [-0.05, 0) is 40.3 Å². The lowest BCUT2D eigenvalue weighted by molar-refractivity contribution is 0.489. The van der Waals surface area contributed by atoms with Crippen molar-refractivity contribution in [3.05, 3.63) is 63.7 Å². The van der Waals surface area contributed by atoms with E-state index in [1.807, 2.05) is 0 Å². The van der Waals surface area contributed by atoms with Crippen molar-refractivity contribution in [2.24, 2.45) is 0 Å². The minimum absolute atomic E-state index is 0.422. The summed E-state index contributed by atoms with van der Waals surface area (Å²) in [7, 11) is 0. The monoisotopic (exact) mass is 364 g/mol. The third kappa shape index (κ3) is 2.77. The zero-order chi connectivity index (χ0) is 13.1. The first-order chi connectivity index (χ1) is 9.36. The van der Waals surface area contributed by atoms with E-state index in [4.69, 9.17) is 0 Å². The SMILES string of the molecule is Ic1ccccc1N1CCNCC1c1ccccc1. The molecule has 1 unspecified atom stereocenters. The third-order valence-corrected chi connectivity index (χ3v) is 4.50. The van der Waals surface area contributed by atoms with Crippen molar-refractivity contribution in [3.8, 4) is 0 Å². The molecule has 0 bridgehead atoms. The summed E-state index contributed by atoms with van der Waals surface area (Å²) >= 11 is 2.43. The smallest absolute Gasteiger partial charge is 0.0667 e. The lowest BCUT2D eigenvalue weighted by Gasteiger charge is -2.38. The Morgan fingerprint density at radius 3 is 2.53 bits per heavy atom. The summed E-state index contributed by atoms with van der Waals surface area (Å²) in [6, 6.07) is 19.8. The molecule has 1 heterocycles. The van der Waals surface area contributed by atoms with Gasteiger partial charge in [-0.2, -0.15) is 0 Å². The van der Waals surface area contributed by atoms with Gasteiger partial charge < -0.3 is 10.2 Å². The van der Waals surface area contributed by atoms with E-state index in [2.05, 4.69) is 87.4 Å². The highest BCUT2D eigenvalue weighted by molar-refractivity contribution is 14.1. The molecule has 0 spiro atoms. The van der Waals surface area contributed by atoms with Crippen LogP contribution in [0.15, 0.2) is 54.6 Å². The van der Waals surface area contributed by atoms with Crippen LogP contribution in [0.4, 0.5) is 5.69 Å². The molecule has 0 radical (unpaired) electrons. The molecule has 1 N–H and O–H groups in total. The molecular weight excluding hydrogens is 347 g/mol. The van der Waals surface area contributed by atoms with Crippen molar-refractivity contribution in [2.45, 2.75) is 6.04 Å². The van der Waals surface area contributed by atoms with Crippen LogP contribution in [0.25, 0.3) is 0 Å². The van der Waals surface area contributed by atoms with E-state index in [1.165, 1.54) is 14.8 Å². The van der Waals surface area contributed by atoms with Gasteiger partial charge in [0.05, 0.1) is 11.7 Å². The second-order valence-electron chi connectivity index (χ2n) is 4.78. The van der Waals surface area contributed by atoms with Gasteiger partial charge in [0.15, 0.2) is 0 Å². The minimum atomic E-state index is 0.422. The van der Waals surface area contributed by atoms with Crippen molar-refractivity contribution in [2.75, 3.05) is 24.5 Å². The average molecular weight is 364 g/mol. The number of hydrogen-bond donors (Lipinski definition) is 1. The molecule has 98 valence electrons. The van der Waals surface area contributed by atoms with Crippen molar-refractivity contribution in [1.29, 1.82) is 0 Å². The molecule has 19 heavy (non-hydrogen) atoms. The number of nitrogens with one attached hydrogen (secondary N) is 1.